The van der Waals surface area contributed by atoms with E-state index in [4.69, 9.17) is 5.11 Å². The zero-order valence-electron chi connectivity index (χ0n) is 12.8. The molecular weight excluding hydrogens is 252 g/mol. The number of carbonyl (C=O) groups excluding carboxylic acids is 1. The third-order valence-electron chi connectivity index (χ3n) is 4.81. The molecule has 2 fully saturated rings. The van der Waals surface area contributed by atoms with Crippen molar-refractivity contribution in [2.75, 3.05) is 13.2 Å². The van der Waals surface area contributed by atoms with Crippen LogP contribution in [0.2, 0.25) is 0 Å². The highest BCUT2D eigenvalue weighted by Crippen LogP contribution is 2.29. The number of rotatable bonds is 7. The maximum Gasteiger partial charge on any atom is 0.317 e. The molecule has 0 radical (unpaired) electrons. The molecular formula is C16H30N2O2. The average molecular weight is 282 g/mol. The Hall–Kier alpha value is -0.770. The molecule has 0 aromatic rings. The lowest BCUT2D eigenvalue weighted by Crippen LogP contribution is -2.47. The van der Waals surface area contributed by atoms with Gasteiger partial charge in [-0.3, -0.25) is 0 Å². The van der Waals surface area contributed by atoms with Gasteiger partial charge in [-0.05, 0) is 57.3 Å². The minimum Gasteiger partial charge on any atom is -0.396 e. The summed E-state index contributed by atoms with van der Waals surface area (Å²) in [5.74, 6) is 0.868. The molecule has 4 heteroatoms. The molecule has 4 nitrogen and oxygen atoms in total. The van der Waals surface area contributed by atoms with Crippen molar-refractivity contribution in [1.82, 2.24) is 10.2 Å². The van der Waals surface area contributed by atoms with Crippen LogP contribution in [0.1, 0.15) is 64.7 Å². The van der Waals surface area contributed by atoms with Gasteiger partial charge in [-0.15, -0.1) is 0 Å². The summed E-state index contributed by atoms with van der Waals surface area (Å²) in [5.41, 5.74) is 0. The zero-order valence-corrected chi connectivity index (χ0v) is 12.8. The topological polar surface area (TPSA) is 52.6 Å². The van der Waals surface area contributed by atoms with Gasteiger partial charge in [0.1, 0.15) is 0 Å². The Morgan fingerprint density at radius 3 is 2.40 bits per heavy atom. The fourth-order valence-corrected chi connectivity index (χ4v) is 3.20. The van der Waals surface area contributed by atoms with E-state index in [1.165, 1.54) is 19.3 Å². The SMILES string of the molecule is CCC1CCC(NC(=O)N(CCCCO)C2CC2)CC1. The summed E-state index contributed by atoms with van der Waals surface area (Å²) in [4.78, 5) is 14.4. The van der Waals surface area contributed by atoms with Crippen LogP contribution in [0.25, 0.3) is 0 Å². The Bertz CT molecular complexity index is 297. The standard InChI is InChI=1S/C16H30N2O2/c1-2-13-5-7-14(8-6-13)17-16(20)18(15-9-10-15)11-3-4-12-19/h13-15,19H,2-12H2,1H3,(H,17,20). The first-order chi connectivity index (χ1) is 9.74. The number of unbranched alkanes of at least 4 members (excludes halogenated alkanes) is 1. The van der Waals surface area contributed by atoms with Gasteiger partial charge >= 0.3 is 6.03 Å². The number of carbonyl (C=O) groups is 1. The Labute approximate surface area is 122 Å². The highest BCUT2D eigenvalue weighted by atomic mass is 16.3. The van der Waals surface area contributed by atoms with Crippen LogP contribution in [0.5, 0.6) is 0 Å². The molecule has 2 aliphatic carbocycles. The molecule has 20 heavy (non-hydrogen) atoms. The predicted molar refractivity (Wildman–Crippen MR) is 80.6 cm³/mol. The summed E-state index contributed by atoms with van der Waals surface area (Å²) in [5, 5.41) is 12.1. The Morgan fingerprint density at radius 1 is 1.15 bits per heavy atom. The van der Waals surface area contributed by atoms with Gasteiger partial charge in [-0.2, -0.15) is 0 Å². The van der Waals surface area contributed by atoms with Crippen LogP contribution in [0.15, 0.2) is 0 Å². The Kier molecular flexibility index (Phi) is 6.14. The molecule has 2 N–H and O–H groups in total. The Balaban J connectivity index is 1.74. The minimum absolute atomic E-state index is 0.130. The molecule has 2 aliphatic rings. The summed E-state index contributed by atoms with van der Waals surface area (Å²) < 4.78 is 0. The summed E-state index contributed by atoms with van der Waals surface area (Å²) in [7, 11) is 0. The third-order valence-corrected chi connectivity index (χ3v) is 4.81. The predicted octanol–water partition coefficient (Wildman–Crippen LogP) is 2.90. The summed E-state index contributed by atoms with van der Waals surface area (Å²) >= 11 is 0. The molecule has 2 saturated carbocycles. The molecule has 116 valence electrons. The van der Waals surface area contributed by atoms with Crippen molar-refractivity contribution in [3.8, 4) is 0 Å². The number of hydrogen-bond acceptors (Lipinski definition) is 2. The fourth-order valence-electron chi connectivity index (χ4n) is 3.20. The van der Waals surface area contributed by atoms with E-state index in [9.17, 15) is 4.79 Å². The van der Waals surface area contributed by atoms with Crippen molar-refractivity contribution >= 4 is 6.03 Å². The second-order valence-corrected chi connectivity index (χ2v) is 6.43. The van der Waals surface area contributed by atoms with Gasteiger partial charge in [0.05, 0.1) is 0 Å². The van der Waals surface area contributed by atoms with Gasteiger partial charge < -0.3 is 15.3 Å². The highest BCUT2D eigenvalue weighted by Gasteiger charge is 2.33. The van der Waals surface area contributed by atoms with Crippen LogP contribution < -0.4 is 5.32 Å². The van der Waals surface area contributed by atoms with E-state index in [1.54, 1.807) is 0 Å². The second-order valence-electron chi connectivity index (χ2n) is 6.43. The van der Waals surface area contributed by atoms with Gasteiger partial charge in [0.15, 0.2) is 0 Å². The van der Waals surface area contributed by atoms with Gasteiger partial charge in [0, 0.05) is 25.2 Å². The van der Waals surface area contributed by atoms with Crippen LogP contribution in [0, 0.1) is 5.92 Å². The number of urea groups is 1. The molecule has 0 saturated heterocycles. The number of hydrogen-bond donors (Lipinski definition) is 2. The second kappa shape index (κ2) is 7.87. The van der Waals surface area contributed by atoms with E-state index in [0.29, 0.717) is 12.1 Å². The molecule has 2 rings (SSSR count). The lowest BCUT2D eigenvalue weighted by Gasteiger charge is -2.31. The fraction of sp³-hybridized carbons (Fsp3) is 0.938. The van der Waals surface area contributed by atoms with E-state index in [2.05, 4.69) is 12.2 Å². The monoisotopic (exact) mass is 282 g/mol. The lowest BCUT2D eigenvalue weighted by atomic mass is 9.84. The smallest absolute Gasteiger partial charge is 0.317 e. The molecule has 0 bridgehead atoms. The summed E-state index contributed by atoms with van der Waals surface area (Å²) in [6.07, 6.45) is 10.1. The van der Waals surface area contributed by atoms with Crippen molar-refractivity contribution in [3.63, 3.8) is 0 Å². The number of aliphatic hydroxyl groups is 1. The van der Waals surface area contributed by atoms with Gasteiger partial charge in [0.25, 0.3) is 0 Å². The van der Waals surface area contributed by atoms with Crippen molar-refractivity contribution in [2.45, 2.75) is 76.8 Å². The first-order valence-electron chi connectivity index (χ1n) is 8.42. The largest absolute Gasteiger partial charge is 0.396 e. The number of aliphatic hydroxyl groups excluding tert-OH is 1. The van der Waals surface area contributed by atoms with E-state index < -0.39 is 0 Å². The molecule has 0 aliphatic heterocycles. The summed E-state index contributed by atoms with van der Waals surface area (Å²) in [6, 6.07) is 0.968. The van der Waals surface area contributed by atoms with Crippen LogP contribution in [-0.2, 0) is 0 Å². The quantitative estimate of drug-likeness (QED) is 0.705. The first kappa shape index (κ1) is 15.6. The van der Waals surface area contributed by atoms with Crippen LogP contribution in [-0.4, -0.2) is 41.3 Å². The average Bonchev–Trinajstić information content (AvgIpc) is 3.29. The zero-order chi connectivity index (χ0) is 14.4. The van der Waals surface area contributed by atoms with Crippen LogP contribution >= 0.6 is 0 Å². The van der Waals surface area contributed by atoms with Gasteiger partial charge in [-0.1, -0.05) is 13.3 Å². The number of nitrogens with zero attached hydrogens (tertiary/aromatic N) is 1. The molecule has 0 aromatic heterocycles. The molecule has 2 amide bonds. The maximum atomic E-state index is 12.4. The molecule has 0 atom stereocenters. The van der Waals surface area contributed by atoms with Gasteiger partial charge in [0.2, 0.25) is 0 Å². The summed E-state index contributed by atoms with van der Waals surface area (Å²) in [6.45, 7) is 3.28. The van der Waals surface area contributed by atoms with Crippen LogP contribution in [0.4, 0.5) is 4.79 Å². The molecule has 0 unspecified atom stereocenters. The van der Waals surface area contributed by atoms with E-state index in [1.807, 2.05) is 4.90 Å². The van der Waals surface area contributed by atoms with E-state index in [0.717, 1.165) is 51.0 Å². The van der Waals surface area contributed by atoms with Crippen LogP contribution in [0.3, 0.4) is 0 Å². The normalized spacial score (nSPS) is 26.3. The first-order valence-corrected chi connectivity index (χ1v) is 8.42. The molecule has 0 heterocycles. The van der Waals surface area contributed by atoms with Crippen molar-refractivity contribution in [3.05, 3.63) is 0 Å². The number of amides is 2. The maximum absolute atomic E-state index is 12.4. The molecule has 0 aromatic carbocycles. The minimum atomic E-state index is 0.130. The van der Waals surface area contributed by atoms with Crippen molar-refractivity contribution < 1.29 is 9.90 Å². The van der Waals surface area contributed by atoms with Gasteiger partial charge in [-0.25, -0.2) is 4.79 Å². The molecule has 0 spiro atoms. The Morgan fingerprint density at radius 2 is 1.85 bits per heavy atom. The third kappa shape index (κ3) is 4.65. The highest BCUT2D eigenvalue weighted by molar-refractivity contribution is 5.75. The number of nitrogens with one attached hydrogen (secondary N) is 1. The van der Waals surface area contributed by atoms with E-state index in [-0.39, 0.29) is 12.6 Å². The van der Waals surface area contributed by atoms with E-state index >= 15 is 0 Å². The van der Waals surface area contributed by atoms with Crippen molar-refractivity contribution in [2.24, 2.45) is 5.92 Å². The van der Waals surface area contributed by atoms with Crippen molar-refractivity contribution in [1.29, 1.82) is 0 Å². The lowest BCUT2D eigenvalue weighted by molar-refractivity contribution is 0.180.